The first-order valence-corrected chi connectivity index (χ1v) is 9.52. The summed E-state index contributed by atoms with van der Waals surface area (Å²) >= 11 is 0. The van der Waals surface area contributed by atoms with Crippen molar-refractivity contribution in [2.75, 3.05) is 19.8 Å². The number of hydrogen-bond acceptors (Lipinski definition) is 9. The average Bonchev–Trinajstić information content (AvgIpc) is 2.61. The number of rotatable bonds is 4. The minimum Gasteiger partial charge on any atom is -0.388 e. The average molecular weight is 398 g/mol. The minimum absolute atomic E-state index is 0.165. The Morgan fingerprint density at radius 1 is 1.21 bits per heavy atom. The monoisotopic (exact) mass is 398 g/mol. The number of nitrogen functional groups attached to an aromatic ring is 1. The molecule has 0 aromatic carbocycles. The Morgan fingerprint density at radius 3 is 2.54 bits per heavy atom. The molecule has 0 saturated carbocycles. The smallest absolute Gasteiger partial charge is 0.351 e. The predicted molar refractivity (Wildman–Crippen MR) is 100 cm³/mol. The van der Waals surface area contributed by atoms with E-state index in [0.29, 0.717) is 12.8 Å². The second-order valence-electron chi connectivity index (χ2n) is 7.73. The van der Waals surface area contributed by atoms with Gasteiger partial charge in [-0.2, -0.15) is 4.98 Å². The lowest BCUT2D eigenvalue weighted by molar-refractivity contribution is -0.310. The first kappa shape index (κ1) is 21.2. The van der Waals surface area contributed by atoms with Gasteiger partial charge in [0.05, 0.1) is 24.4 Å². The summed E-state index contributed by atoms with van der Waals surface area (Å²) in [6.45, 7) is 3.68. The van der Waals surface area contributed by atoms with Crippen molar-refractivity contribution in [2.45, 2.75) is 75.8 Å². The molecule has 3 rings (SSSR count). The van der Waals surface area contributed by atoms with Crippen LogP contribution in [0.4, 0.5) is 5.82 Å². The van der Waals surface area contributed by atoms with E-state index in [2.05, 4.69) is 4.98 Å². The zero-order valence-electron chi connectivity index (χ0n) is 16.6. The van der Waals surface area contributed by atoms with Crippen LogP contribution in [-0.2, 0) is 14.2 Å². The first-order chi connectivity index (χ1) is 13.2. The van der Waals surface area contributed by atoms with E-state index in [1.807, 2.05) is 32.8 Å². The van der Waals surface area contributed by atoms with E-state index in [-0.39, 0.29) is 30.2 Å². The Hall–Kier alpha value is -1.56. The third-order valence-electron chi connectivity index (χ3n) is 5.47. The highest BCUT2D eigenvalue weighted by molar-refractivity contribution is 5.23. The summed E-state index contributed by atoms with van der Waals surface area (Å²) in [5, 5.41) is 20.9. The van der Waals surface area contributed by atoms with Crippen LogP contribution in [0.15, 0.2) is 17.1 Å². The number of aliphatic hydroxyl groups is 2. The Balaban J connectivity index is 1.63. The van der Waals surface area contributed by atoms with Gasteiger partial charge in [-0.3, -0.25) is 4.57 Å². The van der Waals surface area contributed by atoms with Crippen LogP contribution in [0.1, 0.15) is 32.9 Å². The standard InChI is InChI=1S/C18H30N4O6/c1-9-11(5-6-13(26-9)22-8-7-12(19)20-18(22)25)28-17-16(24)15(23)14(21(3)4)10(2)27-17/h7-11,13-17,23-24H,5-6H2,1-4H3,(H2,19,20,25)/t9-,10-,11+,13-,14-,15+,16-,17-/m1/s1. The van der Waals surface area contributed by atoms with Crippen molar-refractivity contribution in [3.05, 3.63) is 22.7 Å². The number of ether oxygens (including phenoxy) is 3. The SMILES string of the molecule is C[C@H]1O[C@H](O[C@H]2CC[C@H](n3ccc(N)nc3=O)O[C@@H]2C)[C@H](O)[C@@H](O)[C@@H]1N(C)C. The molecule has 0 amide bonds. The van der Waals surface area contributed by atoms with Crippen molar-refractivity contribution >= 4 is 5.82 Å². The summed E-state index contributed by atoms with van der Waals surface area (Å²) < 4.78 is 19.1. The van der Waals surface area contributed by atoms with Crippen molar-refractivity contribution in [1.82, 2.24) is 14.5 Å². The molecule has 28 heavy (non-hydrogen) atoms. The molecular formula is C18H30N4O6. The first-order valence-electron chi connectivity index (χ1n) is 9.52. The van der Waals surface area contributed by atoms with Crippen LogP contribution in [0.3, 0.4) is 0 Å². The van der Waals surface area contributed by atoms with Crippen LogP contribution in [0.25, 0.3) is 0 Å². The number of hydrogen-bond donors (Lipinski definition) is 3. The van der Waals surface area contributed by atoms with E-state index in [1.165, 1.54) is 4.57 Å². The highest BCUT2D eigenvalue weighted by atomic mass is 16.7. The number of nitrogens with two attached hydrogens (primary N) is 1. The van der Waals surface area contributed by atoms with E-state index >= 15 is 0 Å². The molecule has 3 heterocycles. The highest BCUT2D eigenvalue weighted by Crippen LogP contribution is 2.31. The van der Waals surface area contributed by atoms with E-state index < -0.39 is 30.4 Å². The third-order valence-corrected chi connectivity index (χ3v) is 5.47. The lowest BCUT2D eigenvalue weighted by atomic mass is 9.96. The largest absolute Gasteiger partial charge is 0.388 e. The van der Waals surface area contributed by atoms with Gasteiger partial charge in [0.15, 0.2) is 6.29 Å². The van der Waals surface area contributed by atoms with Gasteiger partial charge in [-0.15, -0.1) is 0 Å². The molecule has 0 spiro atoms. The molecule has 2 saturated heterocycles. The second-order valence-corrected chi connectivity index (χ2v) is 7.73. The lowest BCUT2D eigenvalue weighted by Crippen LogP contribution is -2.62. The van der Waals surface area contributed by atoms with E-state index in [1.54, 1.807) is 12.3 Å². The quantitative estimate of drug-likeness (QED) is 0.602. The van der Waals surface area contributed by atoms with Gasteiger partial charge >= 0.3 is 5.69 Å². The number of likely N-dealkylation sites (N-methyl/N-ethyl adjacent to an activating group) is 1. The molecule has 0 unspecified atom stereocenters. The number of anilines is 1. The molecule has 10 nitrogen and oxygen atoms in total. The molecule has 2 aliphatic heterocycles. The molecule has 1 aromatic heterocycles. The summed E-state index contributed by atoms with van der Waals surface area (Å²) in [7, 11) is 3.65. The molecule has 4 N–H and O–H groups in total. The van der Waals surface area contributed by atoms with Crippen LogP contribution < -0.4 is 11.4 Å². The fourth-order valence-electron chi connectivity index (χ4n) is 4.00. The molecule has 0 aliphatic carbocycles. The van der Waals surface area contributed by atoms with Crippen molar-refractivity contribution < 1.29 is 24.4 Å². The zero-order chi connectivity index (χ0) is 20.6. The summed E-state index contributed by atoms with van der Waals surface area (Å²) in [6, 6.07) is 1.22. The van der Waals surface area contributed by atoms with Gasteiger partial charge in [-0.25, -0.2) is 4.79 Å². The highest BCUT2D eigenvalue weighted by Gasteiger charge is 2.46. The van der Waals surface area contributed by atoms with Gasteiger partial charge in [0, 0.05) is 6.20 Å². The topological polar surface area (TPSA) is 132 Å². The molecule has 158 valence electrons. The fraction of sp³-hybridized carbons (Fsp3) is 0.778. The normalized spacial score (nSPS) is 39.2. The maximum absolute atomic E-state index is 12.0. The number of aromatic nitrogens is 2. The predicted octanol–water partition coefficient (Wildman–Crippen LogP) is -0.695. The van der Waals surface area contributed by atoms with Gasteiger partial charge in [-0.1, -0.05) is 0 Å². The Bertz CT molecular complexity index is 728. The number of nitrogens with zero attached hydrogens (tertiary/aromatic N) is 3. The summed E-state index contributed by atoms with van der Waals surface area (Å²) in [6.07, 6.45) is -1.89. The van der Waals surface area contributed by atoms with Crippen LogP contribution >= 0.6 is 0 Å². The Morgan fingerprint density at radius 2 is 1.93 bits per heavy atom. The van der Waals surface area contributed by atoms with Crippen LogP contribution in [0.2, 0.25) is 0 Å². The van der Waals surface area contributed by atoms with Crippen molar-refractivity contribution in [2.24, 2.45) is 0 Å². The van der Waals surface area contributed by atoms with E-state index in [9.17, 15) is 15.0 Å². The second kappa shape index (κ2) is 8.44. The van der Waals surface area contributed by atoms with Gasteiger partial charge in [0.2, 0.25) is 0 Å². The fourth-order valence-corrected chi connectivity index (χ4v) is 4.00. The van der Waals surface area contributed by atoms with E-state index in [0.717, 1.165) is 0 Å². The molecule has 10 heteroatoms. The molecule has 2 fully saturated rings. The van der Waals surface area contributed by atoms with Crippen molar-refractivity contribution in [3.8, 4) is 0 Å². The zero-order valence-corrected chi connectivity index (χ0v) is 16.6. The van der Waals surface area contributed by atoms with Gasteiger partial charge in [-0.05, 0) is 46.9 Å². The molecule has 1 aromatic rings. The van der Waals surface area contributed by atoms with E-state index in [4.69, 9.17) is 19.9 Å². The molecule has 2 aliphatic rings. The molecule has 0 radical (unpaired) electrons. The van der Waals surface area contributed by atoms with Crippen molar-refractivity contribution in [1.29, 1.82) is 0 Å². The van der Waals surface area contributed by atoms with Gasteiger partial charge < -0.3 is 35.1 Å². The summed E-state index contributed by atoms with van der Waals surface area (Å²) in [4.78, 5) is 17.6. The maximum Gasteiger partial charge on any atom is 0.351 e. The molecule has 8 atom stereocenters. The molecular weight excluding hydrogens is 368 g/mol. The third kappa shape index (κ3) is 4.22. The summed E-state index contributed by atoms with van der Waals surface area (Å²) in [5.41, 5.74) is 5.06. The Kier molecular flexibility index (Phi) is 6.37. The number of aliphatic hydroxyl groups excluding tert-OH is 2. The van der Waals surface area contributed by atoms with Gasteiger partial charge in [0.1, 0.15) is 24.3 Å². The van der Waals surface area contributed by atoms with Crippen molar-refractivity contribution in [3.63, 3.8) is 0 Å². The van der Waals surface area contributed by atoms with Crippen LogP contribution in [0, 0.1) is 0 Å². The van der Waals surface area contributed by atoms with Crippen LogP contribution in [0.5, 0.6) is 0 Å². The minimum atomic E-state index is -1.17. The Labute approximate surface area is 163 Å². The molecule has 0 bridgehead atoms. The van der Waals surface area contributed by atoms with Crippen LogP contribution in [-0.4, -0.2) is 81.6 Å². The lowest BCUT2D eigenvalue weighted by Gasteiger charge is -2.46. The maximum atomic E-state index is 12.0. The summed E-state index contributed by atoms with van der Waals surface area (Å²) in [5.74, 6) is 0.165. The van der Waals surface area contributed by atoms with Gasteiger partial charge in [0.25, 0.3) is 0 Å².